The summed E-state index contributed by atoms with van der Waals surface area (Å²) < 4.78 is 12.7. The Morgan fingerprint density at radius 1 is 1.20 bits per heavy atom. The fourth-order valence-electron chi connectivity index (χ4n) is 2.82. The number of aryl methyl sites for hydroxylation is 2. The fraction of sp³-hybridized carbons (Fsp3) is 0.318. The largest absolute Gasteiger partial charge is 0.484 e. The van der Waals surface area contributed by atoms with Crippen LogP contribution in [0.3, 0.4) is 0 Å². The second-order valence-corrected chi connectivity index (χ2v) is 9.41. The van der Waals surface area contributed by atoms with Gasteiger partial charge in [-0.2, -0.15) is 0 Å². The maximum atomic E-state index is 12.2. The summed E-state index contributed by atoms with van der Waals surface area (Å²) in [5, 5.41) is 11.3. The van der Waals surface area contributed by atoms with E-state index in [9.17, 15) is 4.79 Å². The molecule has 0 aliphatic carbocycles. The third-order valence-electron chi connectivity index (χ3n) is 4.38. The van der Waals surface area contributed by atoms with Gasteiger partial charge in [0.25, 0.3) is 11.1 Å². The minimum absolute atomic E-state index is 0.123. The lowest BCUT2D eigenvalue weighted by atomic mass is 10.0. The van der Waals surface area contributed by atoms with Gasteiger partial charge in [-0.25, -0.2) is 0 Å². The summed E-state index contributed by atoms with van der Waals surface area (Å²) in [5.74, 6) is 1.61. The Hall–Kier alpha value is -2.07. The first-order valence-corrected chi connectivity index (χ1v) is 11.6. The average Bonchev–Trinajstić information content (AvgIpc) is 3.15. The van der Waals surface area contributed by atoms with E-state index in [1.165, 1.54) is 11.8 Å². The van der Waals surface area contributed by atoms with Crippen molar-refractivity contribution in [2.75, 3.05) is 11.1 Å². The van der Waals surface area contributed by atoms with E-state index in [-0.39, 0.29) is 18.3 Å². The van der Waals surface area contributed by atoms with Crippen molar-refractivity contribution in [3.63, 3.8) is 0 Å². The maximum Gasteiger partial charge on any atom is 0.277 e. The molecule has 0 bridgehead atoms. The van der Waals surface area contributed by atoms with Crippen LogP contribution in [0.4, 0.5) is 5.69 Å². The summed E-state index contributed by atoms with van der Waals surface area (Å²) in [4.78, 5) is 12.2. The zero-order chi connectivity index (χ0) is 21.7. The van der Waals surface area contributed by atoms with E-state index in [1.807, 2.05) is 38.1 Å². The molecule has 0 radical (unpaired) electrons. The molecule has 3 rings (SSSR count). The molecule has 158 valence electrons. The van der Waals surface area contributed by atoms with Gasteiger partial charge in [0.15, 0.2) is 6.61 Å². The third-order valence-corrected chi connectivity index (χ3v) is 5.87. The summed E-state index contributed by atoms with van der Waals surface area (Å²) in [7, 11) is 0. The van der Waals surface area contributed by atoms with Crippen LogP contribution in [0.15, 0.2) is 46.0 Å². The Kier molecular flexibility index (Phi) is 7.76. The van der Waals surface area contributed by atoms with Crippen molar-refractivity contribution in [1.29, 1.82) is 0 Å². The average molecular weight is 537 g/mol. The normalized spacial score (nSPS) is 11.0. The van der Waals surface area contributed by atoms with Crippen LogP contribution in [0.1, 0.15) is 42.3 Å². The lowest BCUT2D eigenvalue weighted by molar-refractivity contribution is -0.113. The molecular weight excluding hydrogens is 513 g/mol. The number of nitrogens with one attached hydrogen (secondary N) is 1. The third kappa shape index (κ3) is 6.21. The van der Waals surface area contributed by atoms with Gasteiger partial charge in [0.1, 0.15) is 5.75 Å². The summed E-state index contributed by atoms with van der Waals surface area (Å²) in [6.07, 6.45) is 0. The molecule has 1 amide bonds. The number of halogens is 1. The number of ether oxygens (including phenoxy) is 1. The Labute approximate surface area is 194 Å². The molecular formula is C22H24IN3O3S. The standard InChI is InChI=1S/C22H24IN3O3S/c1-13(2)17-7-5-14(3)9-19(17)28-11-21-25-26-22(29-21)30-12-20(27)24-18-8-6-16(23)10-15(18)4/h5-10,13H,11-12H2,1-4H3,(H,24,27). The molecule has 1 aromatic heterocycles. The SMILES string of the molecule is Cc1ccc(C(C)C)c(OCc2nnc(SCC(=O)Nc3ccc(I)cc3C)o2)c1. The van der Waals surface area contributed by atoms with E-state index in [0.29, 0.717) is 17.0 Å². The van der Waals surface area contributed by atoms with Gasteiger partial charge in [0.05, 0.1) is 5.75 Å². The van der Waals surface area contributed by atoms with Crippen molar-refractivity contribution in [2.45, 2.75) is 45.4 Å². The van der Waals surface area contributed by atoms with Crippen LogP contribution in [-0.2, 0) is 11.4 Å². The van der Waals surface area contributed by atoms with Gasteiger partial charge in [0.2, 0.25) is 5.91 Å². The summed E-state index contributed by atoms with van der Waals surface area (Å²) in [6, 6.07) is 12.0. The molecule has 0 spiro atoms. The van der Waals surface area contributed by atoms with Gasteiger partial charge in [-0.3, -0.25) is 4.79 Å². The zero-order valence-electron chi connectivity index (χ0n) is 17.4. The van der Waals surface area contributed by atoms with Gasteiger partial charge >= 0.3 is 0 Å². The number of aromatic nitrogens is 2. The van der Waals surface area contributed by atoms with Gasteiger partial charge < -0.3 is 14.5 Å². The lowest BCUT2D eigenvalue weighted by Crippen LogP contribution is -2.14. The molecule has 0 aliphatic rings. The summed E-state index contributed by atoms with van der Waals surface area (Å²) in [5.41, 5.74) is 4.09. The highest BCUT2D eigenvalue weighted by molar-refractivity contribution is 14.1. The summed E-state index contributed by atoms with van der Waals surface area (Å²) in [6.45, 7) is 8.43. The van der Waals surface area contributed by atoms with Crippen molar-refractivity contribution in [2.24, 2.45) is 0 Å². The monoisotopic (exact) mass is 537 g/mol. The first kappa shape index (κ1) is 22.6. The molecule has 1 heterocycles. The van der Waals surface area contributed by atoms with E-state index >= 15 is 0 Å². The van der Waals surface area contributed by atoms with E-state index < -0.39 is 0 Å². The molecule has 8 heteroatoms. The van der Waals surface area contributed by atoms with Crippen LogP contribution in [0.25, 0.3) is 0 Å². The molecule has 0 saturated carbocycles. The van der Waals surface area contributed by atoms with Crippen molar-refractivity contribution in [3.05, 3.63) is 62.5 Å². The second kappa shape index (κ2) is 10.3. The lowest BCUT2D eigenvalue weighted by Gasteiger charge is -2.13. The van der Waals surface area contributed by atoms with Gasteiger partial charge in [0, 0.05) is 9.26 Å². The molecule has 1 N–H and O–H groups in total. The predicted molar refractivity (Wildman–Crippen MR) is 127 cm³/mol. The molecule has 30 heavy (non-hydrogen) atoms. The molecule has 0 unspecified atom stereocenters. The number of thioether (sulfide) groups is 1. The van der Waals surface area contributed by atoms with Crippen LogP contribution in [-0.4, -0.2) is 21.9 Å². The predicted octanol–water partition coefficient (Wildman–Crippen LogP) is 5.72. The molecule has 0 aliphatic heterocycles. The zero-order valence-corrected chi connectivity index (χ0v) is 20.3. The van der Waals surface area contributed by atoms with Gasteiger partial charge in [-0.15, -0.1) is 10.2 Å². The quantitative estimate of drug-likeness (QED) is 0.293. The van der Waals surface area contributed by atoms with Crippen molar-refractivity contribution in [1.82, 2.24) is 10.2 Å². The second-order valence-electron chi connectivity index (χ2n) is 7.24. The first-order chi connectivity index (χ1) is 14.3. The van der Waals surface area contributed by atoms with E-state index in [0.717, 1.165) is 31.7 Å². The van der Waals surface area contributed by atoms with Crippen LogP contribution >= 0.6 is 34.4 Å². The molecule has 6 nitrogen and oxygen atoms in total. The highest BCUT2D eigenvalue weighted by Gasteiger charge is 2.13. The van der Waals surface area contributed by atoms with Crippen molar-refractivity contribution >= 4 is 45.9 Å². The van der Waals surface area contributed by atoms with Crippen LogP contribution < -0.4 is 10.1 Å². The molecule has 0 fully saturated rings. The molecule has 2 aromatic carbocycles. The van der Waals surface area contributed by atoms with Crippen LogP contribution in [0.5, 0.6) is 5.75 Å². The Morgan fingerprint density at radius 3 is 2.73 bits per heavy atom. The van der Waals surface area contributed by atoms with E-state index in [4.69, 9.17) is 9.15 Å². The van der Waals surface area contributed by atoms with Crippen LogP contribution in [0.2, 0.25) is 0 Å². The first-order valence-electron chi connectivity index (χ1n) is 9.56. The highest BCUT2D eigenvalue weighted by atomic mass is 127. The number of amides is 1. The van der Waals surface area contributed by atoms with Gasteiger partial charge in [-0.05, 0) is 83.3 Å². The maximum absolute atomic E-state index is 12.2. The number of carbonyl (C=O) groups is 1. The van der Waals surface area contributed by atoms with E-state index in [2.05, 4.69) is 64.1 Å². The van der Waals surface area contributed by atoms with Crippen molar-refractivity contribution < 1.29 is 13.9 Å². The number of hydrogen-bond donors (Lipinski definition) is 1. The fourth-order valence-corrected chi connectivity index (χ4v) is 4.05. The van der Waals surface area contributed by atoms with Crippen molar-refractivity contribution in [3.8, 4) is 5.75 Å². The number of hydrogen-bond acceptors (Lipinski definition) is 6. The number of benzene rings is 2. The van der Waals surface area contributed by atoms with Gasteiger partial charge in [-0.1, -0.05) is 37.7 Å². The number of carbonyl (C=O) groups excluding carboxylic acids is 1. The Balaban J connectivity index is 1.53. The molecule has 0 atom stereocenters. The van der Waals surface area contributed by atoms with E-state index in [1.54, 1.807) is 0 Å². The Bertz CT molecular complexity index is 1040. The minimum atomic E-state index is -0.123. The topological polar surface area (TPSA) is 77.2 Å². The highest BCUT2D eigenvalue weighted by Crippen LogP contribution is 2.28. The molecule has 0 saturated heterocycles. The number of rotatable bonds is 8. The Morgan fingerprint density at radius 2 is 2.00 bits per heavy atom. The minimum Gasteiger partial charge on any atom is -0.484 e. The number of nitrogens with zero attached hydrogens (tertiary/aromatic N) is 2. The molecule has 3 aromatic rings. The smallest absolute Gasteiger partial charge is 0.277 e. The van der Waals surface area contributed by atoms with Crippen LogP contribution in [0, 0.1) is 17.4 Å². The number of anilines is 1. The summed E-state index contributed by atoms with van der Waals surface area (Å²) >= 11 is 3.44.